The van der Waals surface area contributed by atoms with Crippen LogP contribution in [0, 0.1) is 0 Å². The molecule has 0 aliphatic heterocycles. The van der Waals surface area contributed by atoms with Crippen molar-refractivity contribution >= 4 is 34.3 Å². The van der Waals surface area contributed by atoms with Gasteiger partial charge in [0, 0.05) is 16.0 Å². The van der Waals surface area contributed by atoms with Crippen LogP contribution in [0.4, 0.5) is 0 Å². The van der Waals surface area contributed by atoms with Crippen LogP contribution in [-0.2, 0) is 0 Å². The highest BCUT2D eigenvalue weighted by atomic mass is 32.2. The first kappa shape index (κ1) is 17.2. The van der Waals surface area contributed by atoms with E-state index in [0.717, 1.165) is 5.69 Å². The standard InChI is InChI=1S/C23H19NS2/c1-25-20-12-10-18(11-13-20)23(22-8-4-5-15-24-22)26-21-14-9-17-6-2-3-7-19(17)16-21/h2-16,23H,1H3. The zero-order valence-electron chi connectivity index (χ0n) is 14.5. The Kier molecular flexibility index (Phi) is 5.28. The monoisotopic (exact) mass is 373 g/mol. The van der Waals surface area contributed by atoms with E-state index in [0.29, 0.717) is 0 Å². The molecule has 128 valence electrons. The SMILES string of the molecule is CSc1ccc(C(Sc2ccc3ccccc3c2)c2ccccn2)cc1. The zero-order chi connectivity index (χ0) is 17.8. The molecule has 0 N–H and O–H groups in total. The molecule has 0 saturated heterocycles. The second-order valence-corrected chi connectivity index (χ2v) is 8.09. The van der Waals surface area contributed by atoms with Crippen LogP contribution in [0.15, 0.2) is 101 Å². The van der Waals surface area contributed by atoms with Crippen molar-refractivity contribution < 1.29 is 0 Å². The number of pyridine rings is 1. The normalized spacial score (nSPS) is 12.2. The van der Waals surface area contributed by atoms with Crippen molar-refractivity contribution in [3.05, 3.63) is 102 Å². The van der Waals surface area contributed by atoms with E-state index in [1.807, 2.05) is 24.0 Å². The van der Waals surface area contributed by atoms with Gasteiger partial charge in [0.2, 0.25) is 0 Å². The molecule has 0 saturated carbocycles. The molecule has 3 heteroatoms. The fraction of sp³-hybridized carbons (Fsp3) is 0.0870. The molecule has 1 aromatic heterocycles. The van der Waals surface area contributed by atoms with E-state index in [9.17, 15) is 0 Å². The fourth-order valence-corrected chi connectivity index (χ4v) is 4.56. The van der Waals surface area contributed by atoms with Crippen molar-refractivity contribution in [3.8, 4) is 0 Å². The fourth-order valence-electron chi connectivity index (χ4n) is 2.99. The van der Waals surface area contributed by atoms with Crippen molar-refractivity contribution in [3.63, 3.8) is 0 Å². The Hall–Kier alpha value is -2.23. The summed E-state index contributed by atoms with van der Waals surface area (Å²) < 4.78 is 0. The van der Waals surface area contributed by atoms with Gasteiger partial charge in [0.1, 0.15) is 0 Å². The van der Waals surface area contributed by atoms with E-state index < -0.39 is 0 Å². The van der Waals surface area contributed by atoms with Gasteiger partial charge in [-0.25, -0.2) is 0 Å². The van der Waals surface area contributed by atoms with Crippen LogP contribution in [0.25, 0.3) is 10.8 Å². The summed E-state index contributed by atoms with van der Waals surface area (Å²) in [4.78, 5) is 7.17. The molecule has 0 amide bonds. The Balaban J connectivity index is 1.71. The van der Waals surface area contributed by atoms with Gasteiger partial charge in [-0.3, -0.25) is 4.98 Å². The van der Waals surface area contributed by atoms with Gasteiger partial charge in [-0.05, 0) is 59.0 Å². The van der Waals surface area contributed by atoms with Crippen molar-refractivity contribution in [1.29, 1.82) is 0 Å². The quantitative estimate of drug-likeness (QED) is 0.356. The predicted molar refractivity (Wildman–Crippen MR) is 114 cm³/mol. The third-order valence-corrected chi connectivity index (χ3v) is 6.37. The summed E-state index contributed by atoms with van der Waals surface area (Å²) in [6, 6.07) is 30.1. The lowest BCUT2D eigenvalue weighted by molar-refractivity contribution is 1.04. The van der Waals surface area contributed by atoms with Crippen LogP contribution < -0.4 is 0 Å². The Morgan fingerprint density at radius 1 is 0.731 bits per heavy atom. The number of rotatable bonds is 5. The van der Waals surface area contributed by atoms with E-state index in [4.69, 9.17) is 0 Å². The first-order valence-electron chi connectivity index (χ1n) is 8.54. The molecule has 1 atom stereocenters. The Labute approximate surface area is 162 Å². The minimum absolute atomic E-state index is 0.174. The van der Waals surface area contributed by atoms with Crippen LogP contribution >= 0.6 is 23.5 Å². The summed E-state index contributed by atoms with van der Waals surface area (Å²) in [7, 11) is 0. The highest BCUT2D eigenvalue weighted by Gasteiger charge is 2.17. The average molecular weight is 374 g/mol. The zero-order valence-corrected chi connectivity index (χ0v) is 16.1. The molecule has 4 aromatic rings. The molecule has 0 aliphatic rings. The third kappa shape index (κ3) is 3.79. The smallest absolute Gasteiger partial charge is 0.0766 e. The first-order chi connectivity index (χ1) is 12.8. The summed E-state index contributed by atoms with van der Waals surface area (Å²) in [6.07, 6.45) is 3.98. The maximum atomic E-state index is 4.63. The lowest BCUT2D eigenvalue weighted by Gasteiger charge is -2.17. The van der Waals surface area contributed by atoms with Gasteiger partial charge in [-0.1, -0.05) is 48.5 Å². The summed E-state index contributed by atoms with van der Waals surface area (Å²) in [5, 5.41) is 2.72. The summed E-state index contributed by atoms with van der Waals surface area (Å²) in [6.45, 7) is 0. The van der Waals surface area contributed by atoms with Crippen LogP contribution in [0.2, 0.25) is 0 Å². The minimum Gasteiger partial charge on any atom is -0.260 e. The Bertz CT molecular complexity index is 997. The van der Waals surface area contributed by atoms with Gasteiger partial charge >= 0.3 is 0 Å². The maximum absolute atomic E-state index is 4.63. The van der Waals surface area contributed by atoms with E-state index in [-0.39, 0.29) is 5.25 Å². The molecule has 0 fully saturated rings. The van der Waals surface area contributed by atoms with Crippen LogP contribution in [0.1, 0.15) is 16.5 Å². The van der Waals surface area contributed by atoms with Gasteiger partial charge < -0.3 is 0 Å². The molecule has 26 heavy (non-hydrogen) atoms. The van der Waals surface area contributed by atoms with E-state index in [1.54, 1.807) is 11.8 Å². The Morgan fingerprint density at radius 2 is 1.46 bits per heavy atom. The van der Waals surface area contributed by atoms with Crippen molar-refractivity contribution in [2.24, 2.45) is 0 Å². The maximum Gasteiger partial charge on any atom is 0.0766 e. The molecule has 0 radical (unpaired) electrons. The predicted octanol–water partition coefficient (Wildman–Crippen LogP) is 6.84. The molecule has 3 aromatic carbocycles. The average Bonchev–Trinajstić information content (AvgIpc) is 2.73. The second kappa shape index (κ2) is 7.98. The van der Waals surface area contributed by atoms with Crippen LogP contribution in [0.5, 0.6) is 0 Å². The summed E-state index contributed by atoms with van der Waals surface area (Å²) in [5.41, 5.74) is 2.36. The van der Waals surface area contributed by atoms with E-state index in [1.165, 1.54) is 26.1 Å². The molecule has 1 heterocycles. The van der Waals surface area contributed by atoms with Gasteiger partial charge in [-0.2, -0.15) is 0 Å². The summed E-state index contributed by atoms with van der Waals surface area (Å²) >= 11 is 3.62. The number of nitrogens with zero attached hydrogens (tertiary/aromatic N) is 1. The first-order valence-corrected chi connectivity index (χ1v) is 10.6. The number of benzene rings is 3. The number of aromatic nitrogens is 1. The minimum atomic E-state index is 0.174. The number of fused-ring (bicyclic) bond motifs is 1. The number of thioether (sulfide) groups is 2. The molecule has 1 unspecified atom stereocenters. The molecule has 1 nitrogen and oxygen atoms in total. The van der Waals surface area contributed by atoms with Gasteiger partial charge in [0.15, 0.2) is 0 Å². The highest BCUT2D eigenvalue weighted by Crippen LogP contribution is 2.40. The molecule has 0 bridgehead atoms. The van der Waals surface area contributed by atoms with Crippen LogP contribution in [-0.4, -0.2) is 11.2 Å². The molecular formula is C23H19NS2. The van der Waals surface area contributed by atoms with E-state index in [2.05, 4.69) is 90.1 Å². The Morgan fingerprint density at radius 3 is 2.19 bits per heavy atom. The van der Waals surface area contributed by atoms with Crippen LogP contribution in [0.3, 0.4) is 0 Å². The second-order valence-electron chi connectivity index (χ2n) is 6.03. The molecular weight excluding hydrogens is 354 g/mol. The largest absolute Gasteiger partial charge is 0.260 e. The third-order valence-electron chi connectivity index (χ3n) is 4.35. The highest BCUT2D eigenvalue weighted by molar-refractivity contribution is 7.99. The number of hydrogen-bond donors (Lipinski definition) is 0. The van der Waals surface area contributed by atoms with Crippen molar-refractivity contribution in [1.82, 2.24) is 4.98 Å². The lowest BCUT2D eigenvalue weighted by atomic mass is 10.1. The molecule has 0 aliphatic carbocycles. The van der Waals surface area contributed by atoms with Gasteiger partial charge in [0.25, 0.3) is 0 Å². The van der Waals surface area contributed by atoms with E-state index >= 15 is 0 Å². The molecule has 4 rings (SSSR count). The van der Waals surface area contributed by atoms with Crippen molar-refractivity contribution in [2.75, 3.05) is 6.26 Å². The topological polar surface area (TPSA) is 12.9 Å². The van der Waals surface area contributed by atoms with Crippen molar-refractivity contribution in [2.45, 2.75) is 15.0 Å². The molecule has 0 spiro atoms. The van der Waals surface area contributed by atoms with Gasteiger partial charge in [-0.15, -0.1) is 23.5 Å². The van der Waals surface area contributed by atoms with Gasteiger partial charge in [0.05, 0.1) is 10.9 Å². The summed E-state index contributed by atoms with van der Waals surface area (Å²) in [5.74, 6) is 0. The number of hydrogen-bond acceptors (Lipinski definition) is 3. The lowest BCUT2D eigenvalue weighted by Crippen LogP contribution is -1.99.